The highest BCUT2D eigenvalue weighted by Gasteiger charge is 2.15. The van der Waals surface area contributed by atoms with Crippen LogP contribution in [-0.4, -0.2) is 53.7 Å². The van der Waals surface area contributed by atoms with E-state index in [4.69, 9.17) is 4.74 Å². The van der Waals surface area contributed by atoms with Gasteiger partial charge in [-0.1, -0.05) is 0 Å². The fourth-order valence-corrected chi connectivity index (χ4v) is 2.39. The lowest BCUT2D eigenvalue weighted by atomic mass is 10.1. The van der Waals surface area contributed by atoms with Gasteiger partial charge in [-0.2, -0.15) is 0 Å². The summed E-state index contributed by atoms with van der Waals surface area (Å²) >= 11 is 0. The maximum absolute atomic E-state index is 11.9. The van der Waals surface area contributed by atoms with Crippen LogP contribution in [0.2, 0.25) is 0 Å². The summed E-state index contributed by atoms with van der Waals surface area (Å²) in [4.78, 5) is 20.6. The molecule has 0 aromatic carbocycles. The number of aromatic nitrogens is 2. The van der Waals surface area contributed by atoms with Gasteiger partial charge in [0.05, 0.1) is 12.4 Å². The molecule has 6 nitrogen and oxygen atoms in total. The summed E-state index contributed by atoms with van der Waals surface area (Å²) in [6, 6.07) is -0.0168. The van der Waals surface area contributed by atoms with Crippen LogP contribution in [0, 0.1) is 0 Å². The summed E-state index contributed by atoms with van der Waals surface area (Å²) in [5, 5.41) is 2.91. The Morgan fingerprint density at radius 1 is 1.65 bits per heavy atom. The van der Waals surface area contributed by atoms with Gasteiger partial charge in [0.15, 0.2) is 0 Å². The van der Waals surface area contributed by atoms with Gasteiger partial charge < -0.3 is 19.9 Å². The molecular formula is C14H24N4O2. The first-order valence-corrected chi connectivity index (χ1v) is 7.33. The number of amides is 2. The topological polar surface area (TPSA) is 70.2 Å². The van der Waals surface area contributed by atoms with E-state index in [9.17, 15) is 4.79 Å². The monoisotopic (exact) mass is 280 g/mol. The van der Waals surface area contributed by atoms with Gasteiger partial charge in [-0.15, -0.1) is 0 Å². The average molecular weight is 280 g/mol. The first-order valence-electron chi connectivity index (χ1n) is 7.33. The molecule has 1 aromatic heterocycles. The second kappa shape index (κ2) is 7.89. The van der Waals surface area contributed by atoms with Crippen LogP contribution >= 0.6 is 0 Å². The second-order valence-corrected chi connectivity index (χ2v) is 5.26. The summed E-state index contributed by atoms with van der Waals surface area (Å²) in [6.07, 6.45) is 8.99. The Hall–Kier alpha value is -1.56. The molecule has 1 saturated heterocycles. The van der Waals surface area contributed by atoms with Crippen molar-refractivity contribution < 1.29 is 9.53 Å². The van der Waals surface area contributed by atoms with Gasteiger partial charge in [0, 0.05) is 45.1 Å². The summed E-state index contributed by atoms with van der Waals surface area (Å²) in [7, 11) is 1.83. The molecule has 1 unspecified atom stereocenters. The highest BCUT2D eigenvalue weighted by atomic mass is 16.5. The molecule has 2 rings (SSSR count). The number of nitrogens with one attached hydrogen (secondary N) is 2. The number of imidazole rings is 1. The Kier molecular flexibility index (Phi) is 5.86. The molecular weight excluding hydrogens is 256 g/mol. The number of hydrogen-bond donors (Lipinski definition) is 2. The fraction of sp³-hybridized carbons (Fsp3) is 0.714. The van der Waals surface area contributed by atoms with Crippen molar-refractivity contribution in [1.82, 2.24) is 20.2 Å². The molecule has 112 valence electrons. The van der Waals surface area contributed by atoms with Crippen molar-refractivity contribution in [2.45, 2.75) is 38.2 Å². The molecule has 2 heterocycles. The minimum Gasteiger partial charge on any atom is -0.378 e. The predicted octanol–water partition coefficient (Wildman–Crippen LogP) is 1.55. The summed E-state index contributed by atoms with van der Waals surface area (Å²) < 4.78 is 5.57. The predicted molar refractivity (Wildman–Crippen MR) is 76.5 cm³/mol. The van der Waals surface area contributed by atoms with Crippen LogP contribution in [0.1, 0.15) is 31.4 Å². The molecule has 0 bridgehead atoms. The number of H-pyrrole nitrogens is 1. The number of hydrogen-bond acceptors (Lipinski definition) is 3. The molecule has 0 saturated carbocycles. The number of carbonyl (C=O) groups excluding carboxylic acids is 1. The zero-order chi connectivity index (χ0) is 14.2. The highest BCUT2D eigenvalue weighted by molar-refractivity contribution is 5.73. The molecule has 1 atom stereocenters. The quantitative estimate of drug-likeness (QED) is 0.796. The molecule has 1 fully saturated rings. The van der Waals surface area contributed by atoms with Crippen LogP contribution in [0.5, 0.6) is 0 Å². The number of carbonyl (C=O) groups is 1. The van der Waals surface area contributed by atoms with Crippen LogP contribution in [0.3, 0.4) is 0 Å². The first kappa shape index (κ1) is 14.8. The van der Waals surface area contributed by atoms with E-state index in [0.717, 1.165) is 38.1 Å². The lowest BCUT2D eigenvalue weighted by molar-refractivity contribution is 0.100. The van der Waals surface area contributed by atoms with E-state index < -0.39 is 0 Å². The molecule has 0 aliphatic carbocycles. The Bertz CT molecular complexity index is 388. The normalized spacial score (nSPS) is 18.1. The van der Waals surface area contributed by atoms with Crippen molar-refractivity contribution in [1.29, 1.82) is 0 Å². The van der Waals surface area contributed by atoms with Crippen LogP contribution < -0.4 is 5.32 Å². The number of aromatic amines is 1. The Labute approximate surface area is 119 Å². The van der Waals surface area contributed by atoms with E-state index in [-0.39, 0.29) is 6.03 Å². The lowest BCUT2D eigenvalue weighted by Gasteiger charge is -2.18. The molecule has 1 aliphatic heterocycles. The average Bonchev–Trinajstić information content (AvgIpc) is 3.11. The largest absolute Gasteiger partial charge is 0.378 e. The van der Waals surface area contributed by atoms with E-state index in [2.05, 4.69) is 15.3 Å². The van der Waals surface area contributed by atoms with E-state index in [1.807, 2.05) is 7.05 Å². The molecule has 0 spiro atoms. The Morgan fingerprint density at radius 3 is 3.25 bits per heavy atom. The third kappa shape index (κ3) is 4.85. The summed E-state index contributed by atoms with van der Waals surface area (Å²) in [5.41, 5.74) is 1.03. The Balaban J connectivity index is 1.54. The van der Waals surface area contributed by atoms with E-state index in [1.54, 1.807) is 17.4 Å². The van der Waals surface area contributed by atoms with Gasteiger partial charge in [0.2, 0.25) is 0 Å². The molecule has 2 N–H and O–H groups in total. The minimum absolute atomic E-state index is 0.0168. The molecule has 0 radical (unpaired) electrons. The van der Waals surface area contributed by atoms with Crippen molar-refractivity contribution in [2.75, 3.05) is 26.7 Å². The van der Waals surface area contributed by atoms with Crippen molar-refractivity contribution in [3.8, 4) is 0 Å². The minimum atomic E-state index is -0.0168. The standard InChI is InChI=1S/C14H24N4O2/c1-18(8-2-4-13-5-3-9-20-13)14(19)16-7-6-12-10-15-11-17-12/h10-11,13H,2-9H2,1H3,(H,15,17)(H,16,19). The lowest BCUT2D eigenvalue weighted by Crippen LogP contribution is -2.38. The summed E-state index contributed by atoms with van der Waals surface area (Å²) in [6.45, 7) is 2.29. The van der Waals surface area contributed by atoms with E-state index in [1.165, 1.54) is 12.8 Å². The van der Waals surface area contributed by atoms with Gasteiger partial charge in [-0.25, -0.2) is 9.78 Å². The third-order valence-electron chi connectivity index (χ3n) is 3.62. The van der Waals surface area contributed by atoms with Crippen LogP contribution in [0.25, 0.3) is 0 Å². The summed E-state index contributed by atoms with van der Waals surface area (Å²) in [5.74, 6) is 0. The number of nitrogens with zero attached hydrogens (tertiary/aromatic N) is 2. The van der Waals surface area contributed by atoms with E-state index >= 15 is 0 Å². The second-order valence-electron chi connectivity index (χ2n) is 5.26. The third-order valence-corrected chi connectivity index (χ3v) is 3.62. The van der Waals surface area contributed by atoms with Gasteiger partial charge in [0.1, 0.15) is 0 Å². The van der Waals surface area contributed by atoms with Gasteiger partial charge in [-0.3, -0.25) is 0 Å². The molecule has 20 heavy (non-hydrogen) atoms. The maximum Gasteiger partial charge on any atom is 0.317 e. The van der Waals surface area contributed by atoms with Crippen molar-refractivity contribution in [2.24, 2.45) is 0 Å². The smallest absolute Gasteiger partial charge is 0.317 e. The number of rotatable bonds is 7. The van der Waals surface area contributed by atoms with Crippen LogP contribution in [-0.2, 0) is 11.2 Å². The molecule has 1 aliphatic rings. The number of ether oxygens (including phenoxy) is 1. The van der Waals surface area contributed by atoms with Crippen LogP contribution in [0.4, 0.5) is 4.79 Å². The van der Waals surface area contributed by atoms with Crippen molar-refractivity contribution in [3.63, 3.8) is 0 Å². The fourth-order valence-electron chi connectivity index (χ4n) is 2.39. The molecule has 1 aromatic rings. The number of urea groups is 1. The van der Waals surface area contributed by atoms with Gasteiger partial charge >= 0.3 is 6.03 Å². The SMILES string of the molecule is CN(CCCC1CCCO1)C(=O)NCCc1cnc[nH]1. The van der Waals surface area contributed by atoms with Crippen molar-refractivity contribution >= 4 is 6.03 Å². The Morgan fingerprint density at radius 2 is 2.55 bits per heavy atom. The zero-order valence-corrected chi connectivity index (χ0v) is 12.1. The molecule has 6 heteroatoms. The highest BCUT2D eigenvalue weighted by Crippen LogP contribution is 2.16. The molecule has 2 amide bonds. The van der Waals surface area contributed by atoms with Crippen molar-refractivity contribution in [3.05, 3.63) is 18.2 Å². The van der Waals surface area contributed by atoms with E-state index in [0.29, 0.717) is 12.6 Å². The maximum atomic E-state index is 11.9. The van der Waals surface area contributed by atoms with Gasteiger partial charge in [-0.05, 0) is 25.7 Å². The first-order chi connectivity index (χ1) is 9.75. The zero-order valence-electron chi connectivity index (χ0n) is 12.1. The van der Waals surface area contributed by atoms with Gasteiger partial charge in [0.25, 0.3) is 0 Å². The van der Waals surface area contributed by atoms with Crippen LogP contribution in [0.15, 0.2) is 12.5 Å².